The number of rotatable bonds is 5. The molecular weight excluding hydrogens is 530 g/mol. The van der Waals surface area contributed by atoms with Crippen molar-refractivity contribution in [2.45, 2.75) is 32.6 Å². The number of nitrogens with zero attached hydrogens (tertiary/aromatic N) is 1. The number of carbonyl (C=O) groups excluding carboxylic acids is 4. The minimum Gasteiger partial charge on any atom is -0.491 e. The number of anilines is 1. The van der Waals surface area contributed by atoms with Gasteiger partial charge in [-0.2, -0.15) is 0 Å². The third-order valence-corrected chi connectivity index (χ3v) is 8.96. The van der Waals surface area contributed by atoms with E-state index >= 15 is 0 Å². The van der Waals surface area contributed by atoms with E-state index in [0.717, 1.165) is 16.7 Å². The Hall–Kier alpha value is -3.81. The van der Waals surface area contributed by atoms with E-state index in [1.54, 1.807) is 37.3 Å². The van der Waals surface area contributed by atoms with Crippen LogP contribution in [0.3, 0.4) is 0 Å². The number of carbonyl (C=O) groups is 4. The number of halogens is 1. The van der Waals surface area contributed by atoms with Crippen LogP contribution in [-0.4, -0.2) is 41.7 Å². The molecule has 4 aliphatic rings. The van der Waals surface area contributed by atoms with Crippen LogP contribution in [0.15, 0.2) is 76.9 Å². The summed E-state index contributed by atoms with van der Waals surface area (Å²) in [6.45, 7) is 3.55. The molecule has 8 heteroatoms. The maximum Gasteiger partial charge on any atom is 0.238 e. The molecule has 2 amide bonds. The molecule has 0 saturated carbocycles. The maximum atomic E-state index is 14.0. The number of amides is 2. The SMILES string of the molecule is CC1=CC(=O)C2=C(C1=O)C(c1ccc(OCCO)cc1)C1=CCC3C(=O)N(c4ccc(C)c(Cl)c4)C(=O)C3C1C2. The second kappa shape index (κ2) is 9.98. The molecule has 0 radical (unpaired) electrons. The predicted octanol–water partition coefficient (Wildman–Crippen LogP) is 4.65. The normalized spacial score (nSPS) is 25.9. The lowest BCUT2D eigenvalue weighted by molar-refractivity contribution is -0.123. The number of benzene rings is 2. The molecule has 40 heavy (non-hydrogen) atoms. The van der Waals surface area contributed by atoms with Crippen LogP contribution in [0.25, 0.3) is 0 Å². The molecule has 1 aliphatic heterocycles. The molecule has 204 valence electrons. The zero-order chi connectivity index (χ0) is 28.3. The summed E-state index contributed by atoms with van der Waals surface area (Å²) in [5.41, 5.74) is 4.23. The van der Waals surface area contributed by atoms with Gasteiger partial charge in [-0.3, -0.25) is 19.2 Å². The van der Waals surface area contributed by atoms with Crippen molar-refractivity contribution >= 4 is 40.7 Å². The predicted molar refractivity (Wildman–Crippen MR) is 149 cm³/mol. The molecule has 2 aromatic rings. The van der Waals surface area contributed by atoms with Crippen LogP contribution in [0.1, 0.15) is 36.8 Å². The molecular formula is C32H28ClNO6. The highest BCUT2D eigenvalue weighted by molar-refractivity contribution is 6.32. The fourth-order valence-electron chi connectivity index (χ4n) is 6.64. The molecule has 1 fully saturated rings. The summed E-state index contributed by atoms with van der Waals surface area (Å²) < 4.78 is 5.51. The molecule has 6 rings (SSSR count). The van der Waals surface area contributed by atoms with E-state index in [-0.39, 0.29) is 43.0 Å². The Morgan fingerprint density at radius 1 is 1.00 bits per heavy atom. The van der Waals surface area contributed by atoms with Crippen LogP contribution < -0.4 is 9.64 Å². The number of allylic oxidation sites excluding steroid dienone is 6. The standard InChI is InChI=1S/C32H28ClNO6/c1-16-3-6-19(14-25(16)33)34-31(38)22-10-9-21-23(28(22)32(34)39)15-24-26(36)13-17(2)30(37)29(24)27(21)18-4-7-20(8-5-18)40-12-11-35/h3-9,13-14,22-23,27-28,35H,10-12,15H2,1-2H3. The fourth-order valence-corrected chi connectivity index (χ4v) is 6.81. The average molecular weight is 558 g/mol. The van der Waals surface area contributed by atoms with E-state index in [4.69, 9.17) is 21.4 Å². The zero-order valence-electron chi connectivity index (χ0n) is 22.1. The first-order valence-corrected chi connectivity index (χ1v) is 13.8. The van der Waals surface area contributed by atoms with Crippen LogP contribution in [0.5, 0.6) is 5.75 Å². The molecule has 2 aromatic carbocycles. The van der Waals surface area contributed by atoms with Crippen LogP contribution in [-0.2, 0) is 19.2 Å². The number of ether oxygens (including phenoxy) is 1. The fraction of sp³-hybridized carbons (Fsp3) is 0.312. The molecule has 1 N–H and O–H groups in total. The highest BCUT2D eigenvalue weighted by atomic mass is 35.5. The van der Waals surface area contributed by atoms with Crippen LogP contribution >= 0.6 is 11.6 Å². The quantitative estimate of drug-likeness (QED) is 0.326. The van der Waals surface area contributed by atoms with Crippen molar-refractivity contribution in [1.82, 2.24) is 0 Å². The minimum absolute atomic E-state index is 0.113. The zero-order valence-corrected chi connectivity index (χ0v) is 22.9. The Morgan fingerprint density at radius 2 is 1.75 bits per heavy atom. The van der Waals surface area contributed by atoms with Gasteiger partial charge < -0.3 is 9.84 Å². The number of aliphatic hydroxyl groups is 1. The highest BCUT2D eigenvalue weighted by Crippen LogP contribution is 2.55. The van der Waals surface area contributed by atoms with Gasteiger partial charge in [0.15, 0.2) is 11.6 Å². The van der Waals surface area contributed by atoms with Gasteiger partial charge in [0, 0.05) is 27.7 Å². The Balaban J connectivity index is 1.43. The van der Waals surface area contributed by atoms with Gasteiger partial charge in [-0.15, -0.1) is 0 Å². The monoisotopic (exact) mass is 557 g/mol. The van der Waals surface area contributed by atoms with Gasteiger partial charge >= 0.3 is 0 Å². The highest BCUT2D eigenvalue weighted by Gasteiger charge is 2.56. The number of fused-ring (bicyclic) bond motifs is 3. The molecule has 4 atom stereocenters. The van der Waals surface area contributed by atoms with E-state index in [1.807, 2.05) is 25.1 Å². The van der Waals surface area contributed by atoms with Gasteiger partial charge in [0.2, 0.25) is 11.8 Å². The number of hydrogen-bond acceptors (Lipinski definition) is 6. The first-order valence-electron chi connectivity index (χ1n) is 13.4. The average Bonchev–Trinajstić information content (AvgIpc) is 3.21. The van der Waals surface area contributed by atoms with Gasteiger partial charge in [-0.1, -0.05) is 41.4 Å². The van der Waals surface area contributed by atoms with Crippen molar-refractivity contribution in [3.8, 4) is 5.75 Å². The molecule has 0 bridgehead atoms. The number of hydrogen-bond donors (Lipinski definition) is 1. The van der Waals surface area contributed by atoms with Gasteiger partial charge in [-0.05, 0) is 74.1 Å². The van der Waals surface area contributed by atoms with E-state index in [9.17, 15) is 19.2 Å². The smallest absolute Gasteiger partial charge is 0.238 e. The summed E-state index contributed by atoms with van der Waals surface area (Å²) >= 11 is 6.33. The summed E-state index contributed by atoms with van der Waals surface area (Å²) in [5.74, 6) is -2.52. The van der Waals surface area contributed by atoms with E-state index in [0.29, 0.717) is 39.6 Å². The summed E-state index contributed by atoms with van der Waals surface area (Å²) in [7, 11) is 0. The Labute approximate surface area is 236 Å². The molecule has 0 aromatic heterocycles. The third kappa shape index (κ3) is 4.07. The maximum absolute atomic E-state index is 14.0. The third-order valence-electron chi connectivity index (χ3n) is 8.55. The summed E-state index contributed by atoms with van der Waals surface area (Å²) in [6, 6.07) is 12.4. The summed E-state index contributed by atoms with van der Waals surface area (Å²) in [6.07, 6.45) is 3.97. The van der Waals surface area contributed by atoms with Crippen molar-refractivity contribution in [3.05, 3.63) is 93.1 Å². The lowest BCUT2D eigenvalue weighted by atomic mass is 9.59. The number of aryl methyl sites for hydroxylation is 1. The molecule has 4 unspecified atom stereocenters. The number of imide groups is 1. The van der Waals surface area contributed by atoms with E-state index in [1.165, 1.54) is 11.0 Å². The molecule has 3 aliphatic carbocycles. The second-order valence-electron chi connectivity index (χ2n) is 10.8. The summed E-state index contributed by atoms with van der Waals surface area (Å²) in [4.78, 5) is 55.6. The van der Waals surface area contributed by atoms with Crippen molar-refractivity contribution in [2.75, 3.05) is 18.1 Å². The first kappa shape index (κ1) is 26.4. The lowest BCUT2D eigenvalue weighted by Gasteiger charge is -2.42. The van der Waals surface area contributed by atoms with Gasteiger partial charge in [0.25, 0.3) is 0 Å². The topological polar surface area (TPSA) is 101 Å². The van der Waals surface area contributed by atoms with E-state index < -0.39 is 23.7 Å². The Bertz CT molecular complexity index is 1570. The van der Waals surface area contributed by atoms with Crippen molar-refractivity contribution in [1.29, 1.82) is 0 Å². The van der Waals surface area contributed by atoms with Crippen molar-refractivity contribution in [2.24, 2.45) is 17.8 Å². The van der Waals surface area contributed by atoms with Crippen molar-refractivity contribution < 1.29 is 29.0 Å². The molecule has 1 saturated heterocycles. The van der Waals surface area contributed by atoms with E-state index in [2.05, 4.69) is 0 Å². The first-order chi connectivity index (χ1) is 19.2. The molecule has 1 heterocycles. The Kier molecular flexibility index (Phi) is 6.59. The number of Topliss-reactive ketones (excluding diaryl/α,β-unsaturated/α-hetero) is 1. The van der Waals surface area contributed by atoms with Crippen LogP contribution in [0, 0.1) is 24.7 Å². The summed E-state index contributed by atoms with van der Waals surface area (Å²) in [5, 5.41) is 9.55. The van der Waals surface area contributed by atoms with Gasteiger partial charge in [-0.25, -0.2) is 4.90 Å². The van der Waals surface area contributed by atoms with Crippen LogP contribution in [0.2, 0.25) is 5.02 Å². The second-order valence-corrected chi connectivity index (χ2v) is 11.2. The molecule has 7 nitrogen and oxygen atoms in total. The number of aliphatic hydroxyl groups excluding tert-OH is 1. The van der Waals surface area contributed by atoms with Gasteiger partial charge in [0.05, 0.1) is 24.1 Å². The van der Waals surface area contributed by atoms with Crippen molar-refractivity contribution in [3.63, 3.8) is 0 Å². The van der Waals surface area contributed by atoms with Gasteiger partial charge in [0.1, 0.15) is 12.4 Å². The van der Waals surface area contributed by atoms with Crippen LogP contribution in [0.4, 0.5) is 5.69 Å². The Morgan fingerprint density at radius 3 is 2.45 bits per heavy atom. The number of ketones is 2. The minimum atomic E-state index is -0.647. The lowest BCUT2D eigenvalue weighted by Crippen LogP contribution is -2.39. The molecule has 0 spiro atoms. The largest absolute Gasteiger partial charge is 0.491 e.